The fourth-order valence-electron chi connectivity index (χ4n) is 2.50. The van der Waals surface area contributed by atoms with E-state index in [1.165, 1.54) is 18.2 Å². The standard InChI is InChI=1S/C13H13N3O5/c17-12(18)8-2-1-5-15(7-8)13-14-10-6-9(16(19)20)3-4-11(10)21-13/h3-4,6,8H,1-2,5,7H2,(H,17,18)/t8-/m1/s1. The monoisotopic (exact) mass is 291 g/mol. The number of carbonyl (C=O) groups is 1. The number of oxazole rings is 1. The maximum Gasteiger partial charge on any atom is 0.308 e. The fraction of sp³-hybridized carbons (Fsp3) is 0.385. The predicted molar refractivity (Wildman–Crippen MR) is 73.2 cm³/mol. The van der Waals surface area contributed by atoms with Gasteiger partial charge in [-0.15, -0.1) is 0 Å². The molecule has 1 aromatic heterocycles. The number of carboxylic acid groups (broad SMARTS) is 1. The molecule has 1 aliphatic rings. The molecule has 0 bridgehead atoms. The number of aromatic nitrogens is 1. The Morgan fingerprint density at radius 2 is 2.33 bits per heavy atom. The van der Waals surface area contributed by atoms with Crippen LogP contribution in [0, 0.1) is 16.0 Å². The summed E-state index contributed by atoms with van der Waals surface area (Å²) in [6, 6.07) is 4.52. The normalized spacial score (nSPS) is 18.9. The SMILES string of the molecule is O=C(O)[C@@H]1CCCN(c2nc3cc([N+](=O)[O-])ccc3o2)C1. The van der Waals surface area contributed by atoms with Crippen molar-refractivity contribution in [3.63, 3.8) is 0 Å². The molecule has 1 saturated heterocycles. The number of hydrogen-bond donors (Lipinski definition) is 1. The van der Waals surface area contributed by atoms with Crippen molar-refractivity contribution in [1.82, 2.24) is 4.98 Å². The average molecular weight is 291 g/mol. The third-order valence-corrected chi connectivity index (χ3v) is 3.61. The number of benzene rings is 1. The number of nitro groups is 1. The molecule has 1 aliphatic heterocycles. The lowest BCUT2D eigenvalue weighted by Crippen LogP contribution is -2.38. The summed E-state index contributed by atoms with van der Waals surface area (Å²) in [5.41, 5.74) is 0.800. The molecule has 3 rings (SSSR count). The first-order chi connectivity index (χ1) is 10.0. The van der Waals surface area contributed by atoms with Gasteiger partial charge in [0.1, 0.15) is 5.52 Å². The summed E-state index contributed by atoms with van der Waals surface area (Å²) in [5, 5.41) is 19.8. The number of rotatable bonds is 3. The first-order valence-corrected chi connectivity index (χ1v) is 6.57. The zero-order valence-electron chi connectivity index (χ0n) is 11.1. The van der Waals surface area contributed by atoms with Crippen molar-refractivity contribution in [2.24, 2.45) is 5.92 Å². The summed E-state index contributed by atoms with van der Waals surface area (Å²) in [5.74, 6) is -1.27. The van der Waals surface area contributed by atoms with Gasteiger partial charge in [-0.3, -0.25) is 14.9 Å². The van der Waals surface area contributed by atoms with Gasteiger partial charge in [-0.1, -0.05) is 0 Å². The molecule has 1 aromatic carbocycles. The first-order valence-electron chi connectivity index (χ1n) is 6.57. The van der Waals surface area contributed by atoms with Crippen LogP contribution in [0.25, 0.3) is 11.1 Å². The second kappa shape index (κ2) is 5.04. The van der Waals surface area contributed by atoms with Crippen molar-refractivity contribution in [2.75, 3.05) is 18.0 Å². The van der Waals surface area contributed by atoms with Gasteiger partial charge in [0.05, 0.1) is 10.8 Å². The van der Waals surface area contributed by atoms with E-state index in [1.807, 2.05) is 0 Å². The van der Waals surface area contributed by atoms with Crippen molar-refractivity contribution in [2.45, 2.75) is 12.8 Å². The van der Waals surface area contributed by atoms with Crippen LogP contribution < -0.4 is 4.90 Å². The zero-order valence-corrected chi connectivity index (χ0v) is 11.1. The zero-order chi connectivity index (χ0) is 15.0. The van der Waals surface area contributed by atoms with Gasteiger partial charge in [-0.2, -0.15) is 4.98 Å². The molecule has 110 valence electrons. The molecule has 0 unspecified atom stereocenters. The molecule has 21 heavy (non-hydrogen) atoms. The van der Waals surface area contributed by atoms with E-state index in [9.17, 15) is 14.9 Å². The minimum Gasteiger partial charge on any atom is -0.481 e. The molecular formula is C13H13N3O5. The quantitative estimate of drug-likeness (QED) is 0.680. The van der Waals surface area contributed by atoms with E-state index in [0.717, 1.165) is 6.42 Å². The number of carboxylic acids is 1. The van der Waals surface area contributed by atoms with Gasteiger partial charge in [0.25, 0.3) is 11.7 Å². The van der Waals surface area contributed by atoms with Crippen molar-refractivity contribution >= 4 is 28.8 Å². The van der Waals surface area contributed by atoms with E-state index < -0.39 is 16.8 Å². The van der Waals surface area contributed by atoms with Crippen LogP contribution in [0.3, 0.4) is 0 Å². The predicted octanol–water partition coefficient (Wildman–Crippen LogP) is 2.04. The number of anilines is 1. The second-order valence-electron chi connectivity index (χ2n) is 5.03. The van der Waals surface area contributed by atoms with Gasteiger partial charge in [-0.05, 0) is 18.9 Å². The van der Waals surface area contributed by atoms with Crippen molar-refractivity contribution in [1.29, 1.82) is 0 Å². The van der Waals surface area contributed by atoms with Gasteiger partial charge >= 0.3 is 5.97 Å². The molecule has 2 aromatic rings. The van der Waals surface area contributed by atoms with E-state index in [2.05, 4.69) is 4.98 Å². The highest BCUT2D eigenvalue weighted by atomic mass is 16.6. The highest BCUT2D eigenvalue weighted by molar-refractivity contribution is 5.77. The molecule has 8 nitrogen and oxygen atoms in total. The van der Waals surface area contributed by atoms with Gasteiger partial charge < -0.3 is 14.4 Å². The van der Waals surface area contributed by atoms with E-state index in [0.29, 0.717) is 36.6 Å². The average Bonchev–Trinajstić information content (AvgIpc) is 2.90. The lowest BCUT2D eigenvalue weighted by atomic mass is 9.99. The molecule has 0 spiro atoms. The molecule has 0 saturated carbocycles. The number of piperidine rings is 1. The molecule has 1 N–H and O–H groups in total. The number of non-ortho nitro benzene ring substituents is 1. The summed E-state index contributed by atoms with van der Waals surface area (Å²) in [6.07, 6.45) is 1.38. The fourth-order valence-corrected chi connectivity index (χ4v) is 2.50. The maximum atomic E-state index is 11.1. The van der Waals surface area contributed by atoms with Gasteiger partial charge in [0, 0.05) is 25.2 Å². The Hall–Kier alpha value is -2.64. The Balaban J connectivity index is 1.90. The number of nitrogens with zero attached hydrogens (tertiary/aromatic N) is 3. The summed E-state index contributed by atoms with van der Waals surface area (Å²) in [7, 11) is 0. The molecule has 8 heteroatoms. The van der Waals surface area contributed by atoms with E-state index in [1.54, 1.807) is 4.90 Å². The largest absolute Gasteiger partial charge is 0.481 e. The number of aliphatic carboxylic acids is 1. The molecule has 1 atom stereocenters. The molecule has 0 radical (unpaired) electrons. The number of nitro benzene ring substituents is 1. The molecule has 0 amide bonds. The molecule has 2 heterocycles. The van der Waals surface area contributed by atoms with E-state index >= 15 is 0 Å². The summed E-state index contributed by atoms with van der Waals surface area (Å²) in [4.78, 5) is 27.3. The van der Waals surface area contributed by atoms with Crippen molar-refractivity contribution in [3.8, 4) is 0 Å². The van der Waals surface area contributed by atoms with Crippen LogP contribution in [-0.4, -0.2) is 34.1 Å². The van der Waals surface area contributed by atoms with Gasteiger partial charge in [-0.25, -0.2) is 0 Å². The van der Waals surface area contributed by atoms with Crippen LogP contribution in [0.15, 0.2) is 22.6 Å². The van der Waals surface area contributed by atoms with Crippen LogP contribution >= 0.6 is 0 Å². The summed E-state index contributed by atoms with van der Waals surface area (Å²) < 4.78 is 5.57. The van der Waals surface area contributed by atoms with E-state index in [-0.39, 0.29) is 5.69 Å². The Labute approximate surface area is 119 Å². The van der Waals surface area contributed by atoms with Crippen molar-refractivity contribution in [3.05, 3.63) is 28.3 Å². The summed E-state index contributed by atoms with van der Waals surface area (Å²) >= 11 is 0. The lowest BCUT2D eigenvalue weighted by Gasteiger charge is -2.29. The number of hydrogen-bond acceptors (Lipinski definition) is 6. The molecule has 1 fully saturated rings. The molecule has 0 aliphatic carbocycles. The third kappa shape index (κ3) is 2.51. The van der Waals surface area contributed by atoms with Gasteiger partial charge in [0.15, 0.2) is 5.58 Å². The second-order valence-corrected chi connectivity index (χ2v) is 5.03. The Bertz CT molecular complexity index is 711. The third-order valence-electron chi connectivity index (χ3n) is 3.61. The minimum atomic E-state index is -0.827. The first kappa shape index (κ1) is 13.3. The van der Waals surface area contributed by atoms with Crippen LogP contribution in [-0.2, 0) is 4.79 Å². The Kier molecular flexibility index (Phi) is 3.20. The molecular weight excluding hydrogens is 278 g/mol. The Morgan fingerprint density at radius 3 is 3.05 bits per heavy atom. The van der Waals surface area contributed by atoms with Crippen LogP contribution in [0.2, 0.25) is 0 Å². The number of fused-ring (bicyclic) bond motifs is 1. The Morgan fingerprint density at radius 1 is 1.52 bits per heavy atom. The van der Waals surface area contributed by atoms with E-state index in [4.69, 9.17) is 9.52 Å². The van der Waals surface area contributed by atoms with Crippen LogP contribution in [0.1, 0.15) is 12.8 Å². The lowest BCUT2D eigenvalue weighted by molar-refractivity contribution is -0.384. The van der Waals surface area contributed by atoms with Gasteiger partial charge in [0.2, 0.25) is 0 Å². The highest BCUT2D eigenvalue weighted by Crippen LogP contribution is 2.28. The highest BCUT2D eigenvalue weighted by Gasteiger charge is 2.28. The minimum absolute atomic E-state index is 0.0515. The van der Waals surface area contributed by atoms with Crippen LogP contribution in [0.5, 0.6) is 0 Å². The maximum absolute atomic E-state index is 11.1. The van der Waals surface area contributed by atoms with Crippen LogP contribution in [0.4, 0.5) is 11.7 Å². The summed E-state index contributed by atoms with van der Waals surface area (Å²) in [6.45, 7) is 1.00. The smallest absolute Gasteiger partial charge is 0.308 e. The van der Waals surface area contributed by atoms with Crippen molar-refractivity contribution < 1.29 is 19.2 Å². The topological polar surface area (TPSA) is 110 Å².